The molecule has 1 aromatic heterocycles. The number of hydrogen-bond donors (Lipinski definition) is 2. The third-order valence-electron chi connectivity index (χ3n) is 3.06. The Morgan fingerprint density at radius 1 is 1.00 bits per heavy atom. The Balaban J connectivity index is 1.60. The zero-order valence-corrected chi connectivity index (χ0v) is 12.6. The fourth-order valence-corrected chi connectivity index (χ4v) is 2.66. The van der Waals surface area contributed by atoms with Gasteiger partial charge in [-0.05, 0) is 17.7 Å². The summed E-state index contributed by atoms with van der Waals surface area (Å²) in [5, 5.41) is 8.51. The van der Waals surface area contributed by atoms with Crippen LogP contribution in [0.4, 0.5) is 10.8 Å². The van der Waals surface area contributed by atoms with Gasteiger partial charge in [-0.1, -0.05) is 48.5 Å². The number of anilines is 2. The normalized spacial score (nSPS) is 10.2. The molecule has 4 nitrogen and oxygen atoms in total. The second kappa shape index (κ2) is 6.87. The summed E-state index contributed by atoms with van der Waals surface area (Å²) in [4.78, 5) is 16.4. The molecule has 0 radical (unpaired) electrons. The van der Waals surface area contributed by atoms with Crippen LogP contribution in [0.3, 0.4) is 0 Å². The van der Waals surface area contributed by atoms with Crippen LogP contribution in [0.15, 0.2) is 66.0 Å². The van der Waals surface area contributed by atoms with Gasteiger partial charge in [0.25, 0.3) is 5.91 Å². The van der Waals surface area contributed by atoms with E-state index < -0.39 is 0 Å². The standard InChI is InChI=1S/C17H15N3OS/c21-16(18-11-13-7-3-1-4-8-13)15-12-22-17(20-15)19-14-9-5-2-6-10-14/h1-10,12H,11H2,(H,18,21)(H,19,20). The SMILES string of the molecule is O=C(NCc1ccccc1)c1csc(Nc2ccccc2)n1. The molecule has 0 spiro atoms. The van der Waals surface area contributed by atoms with Crippen LogP contribution >= 0.6 is 11.3 Å². The smallest absolute Gasteiger partial charge is 0.271 e. The van der Waals surface area contributed by atoms with Crippen molar-refractivity contribution in [1.82, 2.24) is 10.3 Å². The van der Waals surface area contributed by atoms with Crippen LogP contribution in [0.25, 0.3) is 0 Å². The summed E-state index contributed by atoms with van der Waals surface area (Å²) in [7, 11) is 0. The number of amides is 1. The first-order chi connectivity index (χ1) is 10.8. The van der Waals surface area contributed by atoms with E-state index in [-0.39, 0.29) is 5.91 Å². The van der Waals surface area contributed by atoms with E-state index in [2.05, 4.69) is 15.6 Å². The van der Waals surface area contributed by atoms with Gasteiger partial charge >= 0.3 is 0 Å². The lowest BCUT2D eigenvalue weighted by atomic mass is 10.2. The number of thiazole rings is 1. The topological polar surface area (TPSA) is 54.0 Å². The summed E-state index contributed by atoms with van der Waals surface area (Å²) in [6, 6.07) is 19.6. The maximum absolute atomic E-state index is 12.1. The van der Waals surface area contributed by atoms with Crippen LogP contribution in [0.2, 0.25) is 0 Å². The maximum Gasteiger partial charge on any atom is 0.271 e. The van der Waals surface area contributed by atoms with Crippen LogP contribution in [-0.2, 0) is 6.54 Å². The number of carbonyl (C=O) groups excluding carboxylic acids is 1. The molecule has 0 bridgehead atoms. The largest absolute Gasteiger partial charge is 0.347 e. The van der Waals surface area contributed by atoms with Crippen molar-refractivity contribution in [3.05, 3.63) is 77.3 Å². The molecule has 3 aromatic rings. The second-order valence-corrected chi connectivity index (χ2v) is 5.56. The van der Waals surface area contributed by atoms with E-state index in [4.69, 9.17) is 0 Å². The van der Waals surface area contributed by atoms with E-state index in [1.54, 1.807) is 5.38 Å². The highest BCUT2D eigenvalue weighted by molar-refractivity contribution is 7.14. The summed E-state index contributed by atoms with van der Waals surface area (Å²) in [6.45, 7) is 0.499. The molecule has 3 rings (SSSR count). The molecule has 0 saturated heterocycles. The van der Waals surface area contributed by atoms with Gasteiger partial charge in [-0.2, -0.15) is 0 Å². The lowest BCUT2D eigenvalue weighted by Crippen LogP contribution is -2.23. The van der Waals surface area contributed by atoms with Crippen LogP contribution in [-0.4, -0.2) is 10.9 Å². The van der Waals surface area contributed by atoms with Gasteiger partial charge in [0.15, 0.2) is 5.13 Å². The number of nitrogens with zero attached hydrogens (tertiary/aromatic N) is 1. The fraction of sp³-hybridized carbons (Fsp3) is 0.0588. The van der Waals surface area contributed by atoms with Crippen LogP contribution in [0, 0.1) is 0 Å². The Hall–Kier alpha value is -2.66. The van der Waals surface area contributed by atoms with E-state index in [1.807, 2.05) is 60.7 Å². The maximum atomic E-state index is 12.1. The zero-order valence-electron chi connectivity index (χ0n) is 11.8. The highest BCUT2D eigenvalue weighted by Gasteiger charge is 2.10. The van der Waals surface area contributed by atoms with Gasteiger partial charge < -0.3 is 10.6 Å². The van der Waals surface area contributed by atoms with Gasteiger partial charge in [-0.3, -0.25) is 4.79 Å². The van der Waals surface area contributed by atoms with Crippen LogP contribution in [0.1, 0.15) is 16.1 Å². The number of carbonyl (C=O) groups is 1. The number of hydrogen-bond acceptors (Lipinski definition) is 4. The van der Waals surface area contributed by atoms with Crippen molar-refractivity contribution < 1.29 is 4.79 Å². The molecule has 0 aliphatic carbocycles. The quantitative estimate of drug-likeness (QED) is 0.753. The predicted octanol–water partition coefficient (Wildman–Crippen LogP) is 3.82. The van der Waals surface area contributed by atoms with E-state index >= 15 is 0 Å². The third kappa shape index (κ3) is 3.71. The molecule has 110 valence electrons. The molecule has 22 heavy (non-hydrogen) atoms. The lowest BCUT2D eigenvalue weighted by molar-refractivity contribution is 0.0946. The van der Waals surface area contributed by atoms with Crippen molar-refractivity contribution in [3.63, 3.8) is 0 Å². The average molecular weight is 309 g/mol. The molecular formula is C17H15N3OS. The summed E-state index contributed by atoms with van der Waals surface area (Å²) in [5.41, 5.74) is 2.45. The molecule has 2 aromatic carbocycles. The van der Waals surface area contributed by atoms with E-state index in [9.17, 15) is 4.79 Å². The Kier molecular flexibility index (Phi) is 4.46. The van der Waals surface area contributed by atoms with Crippen LogP contribution < -0.4 is 10.6 Å². The van der Waals surface area contributed by atoms with Gasteiger partial charge in [-0.15, -0.1) is 11.3 Å². The number of aromatic nitrogens is 1. The zero-order chi connectivity index (χ0) is 15.2. The molecule has 0 atom stereocenters. The van der Waals surface area contributed by atoms with Crippen molar-refractivity contribution in [2.24, 2.45) is 0 Å². The van der Waals surface area contributed by atoms with Crippen molar-refractivity contribution in [3.8, 4) is 0 Å². The molecule has 0 aliphatic rings. The Bertz CT molecular complexity index is 741. The van der Waals surface area contributed by atoms with Crippen LogP contribution in [0.5, 0.6) is 0 Å². The molecule has 0 unspecified atom stereocenters. The first kappa shape index (κ1) is 14.3. The number of para-hydroxylation sites is 1. The minimum Gasteiger partial charge on any atom is -0.347 e. The van der Waals surface area contributed by atoms with E-state index in [0.29, 0.717) is 17.4 Å². The van der Waals surface area contributed by atoms with Gasteiger partial charge in [0.1, 0.15) is 5.69 Å². The first-order valence-corrected chi connectivity index (χ1v) is 7.79. The van der Waals surface area contributed by atoms with E-state index in [1.165, 1.54) is 11.3 Å². The molecule has 1 heterocycles. The molecule has 2 N–H and O–H groups in total. The summed E-state index contributed by atoms with van der Waals surface area (Å²) >= 11 is 1.41. The number of rotatable bonds is 5. The average Bonchev–Trinajstić information content (AvgIpc) is 3.03. The molecule has 0 saturated carbocycles. The summed E-state index contributed by atoms with van der Waals surface area (Å²) in [5.74, 6) is -0.166. The monoisotopic (exact) mass is 309 g/mol. The molecular weight excluding hydrogens is 294 g/mol. The number of nitrogens with one attached hydrogen (secondary N) is 2. The minimum absolute atomic E-state index is 0.166. The first-order valence-electron chi connectivity index (χ1n) is 6.91. The molecule has 0 fully saturated rings. The highest BCUT2D eigenvalue weighted by atomic mass is 32.1. The molecule has 1 amide bonds. The fourth-order valence-electron chi connectivity index (χ4n) is 1.95. The number of benzene rings is 2. The van der Waals surface area contributed by atoms with Gasteiger partial charge in [0.2, 0.25) is 0 Å². The highest BCUT2D eigenvalue weighted by Crippen LogP contribution is 2.20. The predicted molar refractivity (Wildman–Crippen MR) is 89.5 cm³/mol. The van der Waals surface area contributed by atoms with Crippen molar-refractivity contribution in [2.75, 3.05) is 5.32 Å². The van der Waals surface area contributed by atoms with Gasteiger partial charge in [-0.25, -0.2) is 4.98 Å². The molecule has 0 aliphatic heterocycles. The summed E-state index contributed by atoms with van der Waals surface area (Å²) < 4.78 is 0. The lowest BCUT2D eigenvalue weighted by Gasteiger charge is -2.03. The summed E-state index contributed by atoms with van der Waals surface area (Å²) in [6.07, 6.45) is 0. The van der Waals surface area contributed by atoms with Gasteiger partial charge in [0, 0.05) is 17.6 Å². The third-order valence-corrected chi connectivity index (χ3v) is 3.82. The second-order valence-electron chi connectivity index (χ2n) is 4.70. The minimum atomic E-state index is -0.166. The van der Waals surface area contributed by atoms with Crippen molar-refractivity contribution in [2.45, 2.75) is 6.54 Å². The van der Waals surface area contributed by atoms with Gasteiger partial charge in [0.05, 0.1) is 0 Å². The van der Waals surface area contributed by atoms with Crippen molar-refractivity contribution in [1.29, 1.82) is 0 Å². The van der Waals surface area contributed by atoms with E-state index in [0.717, 1.165) is 11.3 Å². The van der Waals surface area contributed by atoms with Crippen molar-refractivity contribution >= 4 is 28.1 Å². The Morgan fingerprint density at radius 3 is 2.41 bits per heavy atom. The molecule has 5 heteroatoms. The Morgan fingerprint density at radius 2 is 1.68 bits per heavy atom. The Labute approximate surface area is 132 Å².